The maximum absolute atomic E-state index is 12.7. The summed E-state index contributed by atoms with van der Waals surface area (Å²) >= 11 is 0. The summed E-state index contributed by atoms with van der Waals surface area (Å²) in [4.78, 5) is 17.8. The van der Waals surface area contributed by atoms with Crippen molar-refractivity contribution in [3.8, 4) is 5.88 Å². The van der Waals surface area contributed by atoms with Crippen molar-refractivity contribution in [1.82, 2.24) is 20.1 Å². The number of aromatic amines is 1. The molecule has 0 spiro atoms. The number of nitrogens with zero attached hydrogens (tertiary/aromatic N) is 3. The van der Waals surface area contributed by atoms with E-state index in [1.165, 1.54) is 0 Å². The van der Waals surface area contributed by atoms with Crippen LogP contribution in [0.5, 0.6) is 5.88 Å². The van der Waals surface area contributed by atoms with Crippen LogP contribution >= 0.6 is 0 Å². The van der Waals surface area contributed by atoms with E-state index in [1.54, 1.807) is 0 Å². The quantitative estimate of drug-likeness (QED) is 0.768. The monoisotopic (exact) mass is 350 g/mol. The number of ether oxygens (including phenoxy) is 1. The van der Waals surface area contributed by atoms with Gasteiger partial charge in [0.25, 0.3) is 0 Å². The molecule has 26 heavy (non-hydrogen) atoms. The van der Waals surface area contributed by atoms with E-state index in [9.17, 15) is 4.79 Å². The summed E-state index contributed by atoms with van der Waals surface area (Å²) < 4.78 is 5.72. The van der Waals surface area contributed by atoms with Gasteiger partial charge in [0.1, 0.15) is 0 Å². The van der Waals surface area contributed by atoms with E-state index in [-0.39, 0.29) is 5.91 Å². The van der Waals surface area contributed by atoms with E-state index in [4.69, 9.17) is 4.74 Å². The van der Waals surface area contributed by atoms with Gasteiger partial charge in [0.05, 0.1) is 18.7 Å². The molecule has 1 atom stereocenters. The van der Waals surface area contributed by atoms with Crippen LogP contribution in [0.4, 0.5) is 0 Å². The molecule has 0 saturated carbocycles. The van der Waals surface area contributed by atoms with Gasteiger partial charge in [-0.2, -0.15) is 5.10 Å². The Balaban J connectivity index is 1.31. The van der Waals surface area contributed by atoms with E-state index >= 15 is 0 Å². The van der Waals surface area contributed by atoms with Gasteiger partial charge < -0.3 is 14.6 Å². The number of hydrogen-bond acceptors (Lipinski definition) is 4. The summed E-state index contributed by atoms with van der Waals surface area (Å²) in [5.41, 5.74) is 3.00. The topological polar surface area (TPSA) is 71.1 Å². The number of fused-ring (bicyclic) bond motifs is 1. The Bertz CT molecular complexity index is 904. The number of amides is 1. The molecule has 1 aliphatic rings. The van der Waals surface area contributed by atoms with Crippen LogP contribution in [0.1, 0.15) is 17.7 Å². The first-order chi connectivity index (χ1) is 12.7. The summed E-state index contributed by atoms with van der Waals surface area (Å²) in [6.07, 6.45) is 3.33. The number of para-hydroxylation sites is 1. The van der Waals surface area contributed by atoms with Gasteiger partial charge in [-0.1, -0.05) is 18.2 Å². The van der Waals surface area contributed by atoms with Gasteiger partial charge in [0.15, 0.2) is 0 Å². The summed E-state index contributed by atoms with van der Waals surface area (Å²) in [5.74, 6) is 1.05. The standard InChI is InChI=1S/C20H22N4O2/c1-14-6-7-19(23-22-14)26-13-15-8-9-24(12-15)20(25)10-16-11-21-18-5-3-2-4-17(16)18/h2-7,11,15,21H,8-10,12-13H2,1H3. The number of carbonyl (C=O) groups is 1. The van der Waals surface area contributed by atoms with Crippen molar-refractivity contribution in [3.05, 3.63) is 53.9 Å². The Hall–Kier alpha value is -2.89. The maximum Gasteiger partial charge on any atom is 0.233 e. The molecule has 6 heteroatoms. The lowest BCUT2D eigenvalue weighted by Crippen LogP contribution is -2.30. The predicted octanol–water partition coefficient (Wildman–Crippen LogP) is 2.74. The highest BCUT2D eigenvalue weighted by atomic mass is 16.5. The van der Waals surface area contributed by atoms with Crippen LogP contribution in [0, 0.1) is 12.8 Å². The first kappa shape index (κ1) is 16.6. The zero-order valence-electron chi connectivity index (χ0n) is 14.8. The molecule has 2 aromatic heterocycles. The molecule has 1 aliphatic heterocycles. The highest BCUT2D eigenvalue weighted by Crippen LogP contribution is 2.22. The Morgan fingerprint density at radius 3 is 3.00 bits per heavy atom. The summed E-state index contributed by atoms with van der Waals surface area (Å²) in [5, 5.41) is 9.13. The molecule has 1 unspecified atom stereocenters. The van der Waals surface area contributed by atoms with Gasteiger partial charge in [-0.05, 0) is 31.0 Å². The van der Waals surface area contributed by atoms with E-state index in [1.807, 2.05) is 48.4 Å². The molecular formula is C20H22N4O2. The molecule has 1 N–H and O–H groups in total. The third-order valence-electron chi connectivity index (χ3n) is 4.90. The fourth-order valence-corrected chi connectivity index (χ4v) is 3.41. The third kappa shape index (κ3) is 3.54. The second-order valence-corrected chi connectivity index (χ2v) is 6.85. The van der Waals surface area contributed by atoms with Gasteiger partial charge in [-0.15, -0.1) is 5.10 Å². The summed E-state index contributed by atoms with van der Waals surface area (Å²) in [6.45, 7) is 3.98. The fraction of sp³-hybridized carbons (Fsp3) is 0.350. The van der Waals surface area contributed by atoms with Crippen molar-refractivity contribution >= 4 is 16.8 Å². The molecule has 0 aliphatic carbocycles. The molecule has 1 saturated heterocycles. The first-order valence-electron chi connectivity index (χ1n) is 8.95. The molecule has 0 bridgehead atoms. The second-order valence-electron chi connectivity index (χ2n) is 6.85. The maximum atomic E-state index is 12.7. The van der Waals surface area contributed by atoms with Gasteiger partial charge >= 0.3 is 0 Å². The SMILES string of the molecule is Cc1ccc(OCC2CCN(C(=O)Cc3c[nH]c4ccccc34)C2)nn1. The zero-order valence-corrected chi connectivity index (χ0v) is 14.8. The van der Waals surface area contributed by atoms with Crippen molar-refractivity contribution in [3.63, 3.8) is 0 Å². The number of likely N-dealkylation sites (tertiary alicyclic amines) is 1. The highest BCUT2D eigenvalue weighted by molar-refractivity contribution is 5.88. The van der Waals surface area contributed by atoms with Crippen molar-refractivity contribution in [2.24, 2.45) is 5.92 Å². The van der Waals surface area contributed by atoms with E-state index in [2.05, 4.69) is 21.2 Å². The Labute approximate surface area is 152 Å². The molecule has 1 fully saturated rings. The molecule has 1 amide bonds. The second kappa shape index (κ2) is 7.15. The zero-order chi connectivity index (χ0) is 17.9. The van der Waals surface area contributed by atoms with Crippen LogP contribution in [-0.2, 0) is 11.2 Å². The van der Waals surface area contributed by atoms with Gasteiger partial charge in [-0.25, -0.2) is 0 Å². The largest absolute Gasteiger partial charge is 0.476 e. The number of aryl methyl sites for hydroxylation is 1. The van der Waals surface area contributed by atoms with Crippen LogP contribution in [0.2, 0.25) is 0 Å². The lowest BCUT2D eigenvalue weighted by Gasteiger charge is -2.16. The van der Waals surface area contributed by atoms with Gasteiger partial charge in [0, 0.05) is 42.2 Å². The Morgan fingerprint density at radius 2 is 2.15 bits per heavy atom. The number of aromatic nitrogens is 3. The van der Waals surface area contributed by atoms with E-state index in [0.717, 1.165) is 41.7 Å². The highest BCUT2D eigenvalue weighted by Gasteiger charge is 2.27. The van der Waals surface area contributed by atoms with Crippen LogP contribution in [0.15, 0.2) is 42.6 Å². The average molecular weight is 350 g/mol. The number of carbonyl (C=O) groups excluding carboxylic acids is 1. The smallest absolute Gasteiger partial charge is 0.233 e. The third-order valence-corrected chi connectivity index (χ3v) is 4.90. The Morgan fingerprint density at radius 1 is 1.27 bits per heavy atom. The minimum Gasteiger partial charge on any atom is -0.476 e. The minimum atomic E-state index is 0.174. The van der Waals surface area contributed by atoms with Crippen LogP contribution in [-0.4, -0.2) is 45.7 Å². The predicted molar refractivity (Wildman–Crippen MR) is 99.0 cm³/mol. The van der Waals surface area contributed by atoms with E-state index < -0.39 is 0 Å². The number of H-pyrrole nitrogens is 1. The number of hydrogen-bond donors (Lipinski definition) is 1. The molecule has 4 rings (SSSR count). The minimum absolute atomic E-state index is 0.174. The van der Waals surface area contributed by atoms with Gasteiger partial charge in [-0.3, -0.25) is 4.79 Å². The number of rotatable bonds is 5. The number of nitrogens with one attached hydrogen (secondary N) is 1. The lowest BCUT2D eigenvalue weighted by atomic mass is 10.1. The first-order valence-corrected chi connectivity index (χ1v) is 8.95. The molecular weight excluding hydrogens is 328 g/mol. The molecule has 134 valence electrons. The van der Waals surface area contributed by atoms with Crippen molar-refractivity contribution < 1.29 is 9.53 Å². The lowest BCUT2D eigenvalue weighted by molar-refractivity contribution is -0.129. The molecule has 0 radical (unpaired) electrons. The molecule has 6 nitrogen and oxygen atoms in total. The van der Waals surface area contributed by atoms with Crippen molar-refractivity contribution in [2.45, 2.75) is 19.8 Å². The molecule has 3 aromatic rings. The summed E-state index contributed by atoms with van der Waals surface area (Å²) in [6, 6.07) is 11.8. The normalized spacial score (nSPS) is 17.0. The van der Waals surface area contributed by atoms with Crippen LogP contribution < -0.4 is 4.74 Å². The van der Waals surface area contributed by atoms with Crippen LogP contribution in [0.25, 0.3) is 10.9 Å². The molecule has 3 heterocycles. The fourth-order valence-electron chi connectivity index (χ4n) is 3.41. The van der Waals surface area contributed by atoms with Crippen LogP contribution in [0.3, 0.4) is 0 Å². The number of benzene rings is 1. The van der Waals surface area contributed by atoms with Gasteiger partial charge in [0.2, 0.25) is 11.8 Å². The van der Waals surface area contributed by atoms with E-state index in [0.29, 0.717) is 24.8 Å². The van der Waals surface area contributed by atoms with Crippen molar-refractivity contribution in [1.29, 1.82) is 0 Å². The summed E-state index contributed by atoms with van der Waals surface area (Å²) in [7, 11) is 0. The average Bonchev–Trinajstić information content (AvgIpc) is 3.29. The molecule has 1 aromatic carbocycles. The Kier molecular flexibility index (Phi) is 4.56. The van der Waals surface area contributed by atoms with Crippen molar-refractivity contribution in [2.75, 3.05) is 19.7 Å².